The van der Waals surface area contributed by atoms with Gasteiger partial charge in [0.25, 0.3) is 0 Å². The third kappa shape index (κ3) is 3.15. The number of fused-ring (bicyclic) bond motifs is 1. The molecule has 0 aliphatic rings. The lowest BCUT2D eigenvalue weighted by Gasteiger charge is -2.11. The highest BCUT2D eigenvalue weighted by atomic mass is 19.4. The first-order valence-corrected chi connectivity index (χ1v) is 6.87. The van der Waals surface area contributed by atoms with Gasteiger partial charge in [-0.3, -0.25) is 0 Å². The minimum absolute atomic E-state index is 0.0389. The summed E-state index contributed by atoms with van der Waals surface area (Å²) in [6.45, 7) is 0. The van der Waals surface area contributed by atoms with Crippen molar-refractivity contribution in [1.29, 1.82) is 0 Å². The fourth-order valence-electron chi connectivity index (χ4n) is 2.43. The van der Waals surface area contributed by atoms with Gasteiger partial charge < -0.3 is 5.11 Å². The normalized spacial score (nSPS) is 11.7. The summed E-state index contributed by atoms with van der Waals surface area (Å²) >= 11 is 0. The molecule has 0 saturated heterocycles. The van der Waals surface area contributed by atoms with Crippen LogP contribution in [0, 0.1) is 11.6 Å². The van der Waals surface area contributed by atoms with Crippen LogP contribution in [0.15, 0.2) is 42.5 Å². The van der Waals surface area contributed by atoms with Gasteiger partial charge in [-0.2, -0.15) is 13.2 Å². The van der Waals surface area contributed by atoms with E-state index in [1.165, 1.54) is 6.07 Å². The Kier molecular flexibility index (Phi) is 3.90. The lowest BCUT2D eigenvalue weighted by molar-refractivity contribution is -0.137. The third-order valence-electron chi connectivity index (χ3n) is 3.55. The Balaban J connectivity index is 2.30. The molecule has 0 amide bonds. The van der Waals surface area contributed by atoms with Gasteiger partial charge in [-0.1, -0.05) is 12.1 Å². The Bertz CT molecular complexity index is 998. The predicted molar refractivity (Wildman–Crippen MR) is 79.1 cm³/mol. The average Bonchev–Trinajstić information content (AvgIpc) is 2.53. The lowest BCUT2D eigenvalue weighted by Crippen LogP contribution is -2.05. The molecule has 128 valence electrons. The number of nitrogens with zero attached hydrogens (tertiary/aromatic N) is 1. The summed E-state index contributed by atoms with van der Waals surface area (Å²) < 4.78 is 65.9. The van der Waals surface area contributed by atoms with Gasteiger partial charge in [-0.05, 0) is 24.3 Å². The largest absolute Gasteiger partial charge is 0.478 e. The number of hydrogen-bond donors (Lipinski definition) is 1. The van der Waals surface area contributed by atoms with Crippen LogP contribution in [0.25, 0.3) is 22.2 Å². The van der Waals surface area contributed by atoms with Crippen LogP contribution in [0.5, 0.6) is 0 Å². The van der Waals surface area contributed by atoms with Gasteiger partial charge in [0.2, 0.25) is 0 Å². The molecule has 0 radical (unpaired) electrons. The van der Waals surface area contributed by atoms with Crippen molar-refractivity contribution in [2.24, 2.45) is 0 Å². The van der Waals surface area contributed by atoms with Crippen molar-refractivity contribution >= 4 is 16.9 Å². The van der Waals surface area contributed by atoms with Gasteiger partial charge >= 0.3 is 12.1 Å². The molecule has 0 fully saturated rings. The second-order valence-corrected chi connectivity index (χ2v) is 5.22. The number of aromatic carboxylic acids is 1. The Hall–Kier alpha value is -3.03. The van der Waals surface area contributed by atoms with E-state index < -0.39 is 40.4 Å². The number of carbonyl (C=O) groups is 1. The van der Waals surface area contributed by atoms with Crippen LogP contribution in [-0.4, -0.2) is 16.1 Å². The van der Waals surface area contributed by atoms with E-state index in [9.17, 15) is 31.9 Å². The molecule has 1 aromatic heterocycles. The molecule has 0 spiro atoms. The van der Waals surface area contributed by atoms with Gasteiger partial charge in [0.15, 0.2) is 5.82 Å². The fourth-order valence-corrected chi connectivity index (χ4v) is 2.43. The van der Waals surface area contributed by atoms with Gasteiger partial charge in [0.1, 0.15) is 11.3 Å². The highest BCUT2D eigenvalue weighted by Gasteiger charge is 2.30. The molecular formula is C17H8F5NO2. The van der Waals surface area contributed by atoms with E-state index in [0.717, 1.165) is 30.3 Å². The van der Waals surface area contributed by atoms with Crippen LogP contribution in [0.3, 0.4) is 0 Å². The molecule has 3 nitrogen and oxygen atoms in total. The van der Waals surface area contributed by atoms with Gasteiger partial charge in [-0.15, -0.1) is 0 Å². The number of carboxylic acid groups (broad SMARTS) is 1. The maximum absolute atomic E-state index is 14.0. The number of alkyl halides is 3. The number of hydrogen-bond acceptors (Lipinski definition) is 2. The zero-order chi connectivity index (χ0) is 18.4. The summed E-state index contributed by atoms with van der Waals surface area (Å²) in [5.74, 6) is -3.57. The van der Waals surface area contributed by atoms with Crippen LogP contribution in [0.4, 0.5) is 22.0 Å². The number of halogens is 5. The molecule has 3 aromatic rings. The van der Waals surface area contributed by atoms with E-state index in [1.54, 1.807) is 0 Å². The van der Waals surface area contributed by atoms with E-state index in [0.29, 0.717) is 6.07 Å². The van der Waals surface area contributed by atoms with Gasteiger partial charge in [0.05, 0.1) is 16.8 Å². The van der Waals surface area contributed by atoms with E-state index >= 15 is 0 Å². The maximum Gasteiger partial charge on any atom is 0.416 e. The molecule has 0 bridgehead atoms. The average molecular weight is 353 g/mol. The molecule has 3 rings (SSSR count). The molecule has 1 N–H and O–H groups in total. The predicted octanol–water partition coefficient (Wildman–Crippen LogP) is 4.90. The van der Waals surface area contributed by atoms with Crippen LogP contribution in [-0.2, 0) is 6.18 Å². The number of benzene rings is 2. The molecule has 0 unspecified atom stereocenters. The Morgan fingerprint density at radius 3 is 2.40 bits per heavy atom. The van der Waals surface area contributed by atoms with E-state index in [1.807, 2.05) is 0 Å². The Morgan fingerprint density at radius 1 is 1.04 bits per heavy atom. The van der Waals surface area contributed by atoms with Crippen molar-refractivity contribution in [2.45, 2.75) is 6.18 Å². The molecule has 0 aliphatic carbocycles. The Labute approximate surface area is 137 Å². The van der Waals surface area contributed by atoms with Crippen LogP contribution in [0.2, 0.25) is 0 Å². The van der Waals surface area contributed by atoms with Crippen molar-refractivity contribution < 1.29 is 31.9 Å². The molecule has 0 saturated carbocycles. The number of rotatable bonds is 2. The third-order valence-corrected chi connectivity index (χ3v) is 3.55. The van der Waals surface area contributed by atoms with Crippen molar-refractivity contribution in [3.8, 4) is 11.3 Å². The number of aromatic nitrogens is 1. The molecule has 8 heteroatoms. The van der Waals surface area contributed by atoms with Gasteiger partial charge in [-0.25, -0.2) is 18.6 Å². The van der Waals surface area contributed by atoms with Crippen LogP contribution < -0.4 is 0 Å². The lowest BCUT2D eigenvalue weighted by atomic mass is 10.0. The summed E-state index contributed by atoms with van der Waals surface area (Å²) in [6, 6.07) is 6.36. The van der Waals surface area contributed by atoms with Gasteiger partial charge in [0, 0.05) is 17.0 Å². The number of pyridine rings is 1. The first-order valence-electron chi connectivity index (χ1n) is 6.87. The molecule has 0 atom stereocenters. The van der Waals surface area contributed by atoms with Crippen molar-refractivity contribution in [2.75, 3.05) is 0 Å². The van der Waals surface area contributed by atoms with Crippen molar-refractivity contribution in [3.05, 3.63) is 65.2 Å². The second-order valence-electron chi connectivity index (χ2n) is 5.22. The second kappa shape index (κ2) is 5.80. The van der Waals surface area contributed by atoms with Crippen LogP contribution >= 0.6 is 0 Å². The smallest absolute Gasteiger partial charge is 0.416 e. The molecule has 25 heavy (non-hydrogen) atoms. The summed E-state index contributed by atoms with van der Waals surface area (Å²) in [6.07, 6.45) is -4.60. The summed E-state index contributed by atoms with van der Waals surface area (Å²) in [7, 11) is 0. The molecule has 0 aliphatic heterocycles. The maximum atomic E-state index is 14.0. The summed E-state index contributed by atoms with van der Waals surface area (Å²) in [5, 5.41) is 8.99. The first kappa shape index (κ1) is 16.8. The summed E-state index contributed by atoms with van der Waals surface area (Å²) in [5.41, 5.74) is -2.06. The van der Waals surface area contributed by atoms with E-state index in [-0.39, 0.29) is 16.6 Å². The fraction of sp³-hybridized carbons (Fsp3) is 0.0588. The van der Waals surface area contributed by atoms with E-state index in [2.05, 4.69) is 4.98 Å². The highest BCUT2D eigenvalue weighted by molar-refractivity contribution is 6.03. The topological polar surface area (TPSA) is 50.2 Å². The Morgan fingerprint density at radius 2 is 1.76 bits per heavy atom. The minimum atomic E-state index is -4.60. The molecule has 2 aromatic carbocycles. The molecule has 1 heterocycles. The highest BCUT2D eigenvalue weighted by Crippen LogP contribution is 2.33. The SMILES string of the molecule is O=C(O)c1cc(-c2cccc(C(F)(F)F)c2)nc2c(F)cc(F)cc12. The summed E-state index contributed by atoms with van der Waals surface area (Å²) in [4.78, 5) is 15.3. The minimum Gasteiger partial charge on any atom is -0.478 e. The van der Waals surface area contributed by atoms with Crippen LogP contribution in [0.1, 0.15) is 15.9 Å². The first-order chi connectivity index (χ1) is 11.7. The zero-order valence-corrected chi connectivity index (χ0v) is 12.2. The quantitative estimate of drug-likeness (QED) is 0.667. The van der Waals surface area contributed by atoms with Crippen molar-refractivity contribution in [1.82, 2.24) is 4.98 Å². The van der Waals surface area contributed by atoms with E-state index in [4.69, 9.17) is 0 Å². The zero-order valence-electron chi connectivity index (χ0n) is 12.2. The number of carboxylic acids is 1. The monoisotopic (exact) mass is 353 g/mol. The van der Waals surface area contributed by atoms with Crippen molar-refractivity contribution in [3.63, 3.8) is 0 Å². The standard InChI is InChI=1S/C17H8F5NO2/c18-10-5-11-12(16(24)25)7-14(23-15(11)13(19)6-10)8-2-1-3-9(4-8)17(20,21)22/h1-7H,(H,24,25). The molecular weight excluding hydrogens is 345 g/mol.